The molecule has 0 radical (unpaired) electrons. The molecule has 0 aliphatic carbocycles. The summed E-state index contributed by atoms with van der Waals surface area (Å²) >= 11 is 0. The first-order valence-electron chi connectivity index (χ1n) is 6.84. The number of hydrogen-bond donors (Lipinski definition) is 1. The van der Waals surface area contributed by atoms with Crippen LogP contribution in [0.15, 0.2) is 0 Å². The van der Waals surface area contributed by atoms with Crippen molar-refractivity contribution in [2.75, 3.05) is 60.3 Å². The maximum atomic E-state index is 12.1. The summed E-state index contributed by atoms with van der Waals surface area (Å²) in [5.41, 5.74) is 0. The van der Waals surface area contributed by atoms with Gasteiger partial charge in [0.15, 0.2) is 0 Å². The van der Waals surface area contributed by atoms with Crippen molar-refractivity contribution in [1.82, 2.24) is 10.2 Å². The maximum Gasteiger partial charge on any atom is 0.248 e. The highest BCUT2D eigenvalue weighted by Gasteiger charge is 2.21. The number of carbonyl (C=O) groups is 1. The van der Waals surface area contributed by atoms with Gasteiger partial charge in [-0.2, -0.15) is 0 Å². The number of methoxy groups -OCH3 is 2. The zero-order valence-corrected chi connectivity index (χ0v) is 12.0. The number of ether oxygens (including phenoxy) is 3. The van der Waals surface area contributed by atoms with Crippen LogP contribution in [0.1, 0.15) is 12.8 Å². The number of nitrogens with one attached hydrogen (secondary N) is 1. The van der Waals surface area contributed by atoms with Crippen LogP contribution in [-0.2, 0) is 19.0 Å². The molecule has 1 unspecified atom stereocenters. The van der Waals surface area contributed by atoms with E-state index in [0.29, 0.717) is 32.4 Å². The molecular weight excluding hydrogens is 248 g/mol. The molecule has 6 nitrogen and oxygen atoms in total. The highest BCUT2D eigenvalue weighted by molar-refractivity contribution is 5.77. The minimum Gasteiger partial charge on any atom is -0.383 e. The van der Waals surface area contributed by atoms with Crippen LogP contribution in [-0.4, -0.2) is 77.1 Å². The molecule has 1 rings (SSSR count). The zero-order chi connectivity index (χ0) is 13.9. The molecule has 1 aliphatic rings. The summed E-state index contributed by atoms with van der Waals surface area (Å²) in [6, 6.07) is 0.403. The molecule has 0 aromatic heterocycles. The number of hydrogen-bond acceptors (Lipinski definition) is 5. The van der Waals surface area contributed by atoms with Crippen LogP contribution in [0.25, 0.3) is 0 Å². The predicted octanol–water partition coefficient (Wildman–Crippen LogP) is -0.124. The molecule has 1 N–H and O–H groups in total. The minimum atomic E-state index is 0.0156. The topological polar surface area (TPSA) is 60.0 Å². The molecule has 112 valence electrons. The second kappa shape index (κ2) is 10.1. The summed E-state index contributed by atoms with van der Waals surface area (Å²) < 4.78 is 15.2. The number of nitrogens with zero attached hydrogens (tertiary/aromatic N) is 1. The van der Waals surface area contributed by atoms with Crippen LogP contribution < -0.4 is 5.32 Å². The van der Waals surface area contributed by atoms with Crippen LogP contribution in [0, 0.1) is 0 Å². The Balaban J connectivity index is 2.30. The van der Waals surface area contributed by atoms with Gasteiger partial charge < -0.3 is 24.4 Å². The van der Waals surface area contributed by atoms with Crippen LogP contribution in [0.5, 0.6) is 0 Å². The van der Waals surface area contributed by atoms with Gasteiger partial charge in [0.05, 0.1) is 19.8 Å². The Morgan fingerprint density at radius 3 is 2.68 bits per heavy atom. The summed E-state index contributed by atoms with van der Waals surface area (Å²) in [7, 11) is 3.26. The van der Waals surface area contributed by atoms with E-state index in [0.717, 1.165) is 19.5 Å². The van der Waals surface area contributed by atoms with E-state index >= 15 is 0 Å². The van der Waals surface area contributed by atoms with E-state index in [-0.39, 0.29) is 12.5 Å². The summed E-state index contributed by atoms with van der Waals surface area (Å²) in [4.78, 5) is 13.9. The van der Waals surface area contributed by atoms with Crippen LogP contribution in [0.2, 0.25) is 0 Å². The average Bonchev–Trinajstić information content (AvgIpc) is 2.92. The normalized spacial score (nSPS) is 18.7. The summed E-state index contributed by atoms with van der Waals surface area (Å²) in [6.45, 7) is 4.01. The first-order chi connectivity index (χ1) is 9.27. The Morgan fingerprint density at radius 1 is 1.26 bits per heavy atom. The Bertz CT molecular complexity index is 245. The van der Waals surface area contributed by atoms with Crippen molar-refractivity contribution in [1.29, 1.82) is 0 Å². The first kappa shape index (κ1) is 16.4. The lowest BCUT2D eigenvalue weighted by Gasteiger charge is -2.25. The van der Waals surface area contributed by atoms with E-state index in [1.165, 1.54) is 6.42 Å². The minimum absolute atomic E-state index is 0.0156. The predicted molar refractivity (Wildman–Crippen MR) is 72.2 cm³/mol. The van der Waals surface area contributed by atoms with Crippen molar-refractivity contribution in [3.8, 4) is 0 Å². The highest BCUT2D eigenvalue weighted by Crippen LogP contribution is 2.07. The molecule has 19 heavy (non-hydrogen) atoms. The number of amides is 1. The van der Waals surface area contributed by atoms with E-state index in [9.17, 15) is 4.79 Å². The molecule has 6 heteroatoms. The fraction of sp³-hybridized carbons (Fsp3) is 0.923. The summed E-state index contributed by atoms with van der Waals surface area (Å²) in [5, 5.41) is 3.40. The van der Waals surface area contributed by atoms with Gasteiger partial charge in [-0.05, 0) is 19.4 Å². The molecule has 0 bridgehead atoms. The van der Waals surface area contributed by atoms with E-state index in [1.54, 1.807) is 14.2 Å². The largest absolute Gasteiger partial charge is 0.383 e. The van der Waals surface area contributed by atoms with Crippen molar-refractivity contribution < 1.29 is 19.0 Å². The van der Waals surface area contributed by atoms with E-state index in [2.05, 4.69) is 5.32 Å². The second-order valence-corrected chi connectivity index (χ2v) is 4.67. The third-order valence-electron chi connectivity index (χ3n) is 3.18. The van der Waals surface area contributed by atoms with Crippen molar-refractivity contribution in [3.05, 3.63) is 0 Å². The van der Waals surface area contributed by atoms with Gasteiger partial charge in [-0.1, -0.05) is 0 Å². The van der Waals surface area contributed by atoms with Gasteiger partial charge in [0.25, 0.3) is 0 Å². The van der Waals surface area contributed by atoms with Crippen molar-refractivity contribution >= 4 is 5.91 Å². The molecule has 0 aromatic carbocycles. The molecule has 1 saturated heterocycles. The van der Waals surface area contributed by atoms with Gasteiger partial charge in [0, 0.05) is 33.4 Å². The molecule has 1 amide bonds. The van der Waals surface area contributed by atoms with Crippen LogP contribution >= 0.6 is 0 Å². The summed E-state index contributed by atoms with van der Waals surface area (Å²) in [5.74, 6) is 0.0156. The maximum absolute atomic E-state index is 12.1. The molecule has 0 saturated carbocycles. The first-order valence-corrected chi connectivity index (χ1v) is 6.84. The van der Waals surface area contributed by atoms with Gasteiger partial charge in [-0.25, -0.2) is 0 Å². The lowest BCUT2D eigenvalue weighted by molar-refractivity contribution is -0.137. The lowest BCUT2D eigenvalue weighted by atomic mass is 10.2. The Morgan fingerprint density at radius 2 is 2.05 bits per heavy atom. The quantitative estimate of drug-likeness (QED) is 0.563. The molecular formula is C13H26N2O4. The molecule has 0 spiro atoms. The van der Waals surface area contributed by atoms with Crippen LogP contribution in [0.3, 0.4) is 0 Å². The van der Waals surface area contributed by atoms with Gasteiger partial charge in [0.1, 0.15) is 6.61 Å². The third-order valence-corrected chi connectivity index (χ3v) is 3.18. The van der Waals surface area contributed by atoms with Crippen molar-refractivity contribution in [2.24, 2.45) is 0 Å². The number of carbonyl (C=O) groups excluding carboxylic acids is 1. The lowest BCUT2D eigenvalue weighted by Crippen LogP contribution is -2.44. The van der Waals surface area contributed by atoms with Gasteiger partial charge in [-0.15, -0.1) is 0 Å². The Labute approximate surface area is 115 Å². The van der Waals surface area contributed by atoms with E-state index in [1.807, 2.05) is 4.90 Å². The van der Waals surface area contributed by atoms with Gasteiger partial charge in [-0.3, -0.25) is 4.79 Å². The van der Waals surface area contributed by atoms with Gasteiger partial charge >= 0.3 is 0 Å². The average molecular weight is 274 g/mol. The molecule has 0 aromatic rings. The highest BCUT2D eigenvalue weighted by atomic mass is 16.5. The molecule has 1 aliphatic heterocycles. The van der Waals surface area contributed by atoms with Crippen molar-refractivity contribution in [3.63, 3.8) is 0 Å². The van der Waals surface area contributed by atoms with E-state index in [4.69, 9.17) is 14.2 Å². The molecule has 1 heterocycles. The monoisotopic (exact) mass is 274 g/mol. The standard InChI is InChI=1S/C13H26N2O4/c1-17-7-6-15(10-12-4-3-5-14-12)13(16)11-19-9-8-18-2/h12,14H,3-11H2,1-2H3. The second-order valence-electron chi connectivity index (χ2n) is 4.67. The van der Waals surface area contributed by atoms with Gasteiger partial charge in [0.2, 0.25) is 5.91 Å². The fourth-order valence-electron chi connectivity index (χ4n) is 2.09. The van der Waals surface area contributed by atoms with E-state index < -0.39 is 0 Å². The number of rotatable bonds is 10. The fourth-order valence-corrected chi connectivity index (χ4v) is 2.09. The third kappa shape index (κ3) is 6.87. The summed E-state index contributed by atoms with van der Waals surface area (Å²) in [6.07, 6.45) is 2.31. The Hall–Kier alpha value is -0.690. The molecule has 1 fully saturated rings. The molecule has 1 atom stereocenters. The van der Waals surface area contributed by atoms with Crippen molar-refractivity contribution in [2.45, 2.75) is 18.9 Å². The SMILES string of the molecule is COCCOCC(=O)N(CCOC)CC1CCCN1. The smallest absolute Gasteiger partial charge is 0.248 e. The van der Waals surface area contributed by atoms with Crippen LogP contribution in [0.4, 0.5) is 0 Å². The Kier molecular flexibility index (Phi) is 8.73. The zero-order valence-electron chi connectivity index (χ0n) is 12.0.